The molecule has 1 aliphatic heterocycles. The Morgan fingerprint density at radius 1 is 1.12 bits per heavy atom. The fourth-order valence-corrected chi connectivity index (χ4v) is 3.66. The van der Waals surface area contributed by atoms with E-state index in [0.29, 0.717) is 28.8 Å². The number of amides is 3. The summed E-state index contributed by atoms with van der Waals surface area (Å²) >= 11 is 0.643. The van der Waals surface area contributed by atoms with Gasteiger partial charge in [0.1, 0.15) is 18.0 Å². The normalized spacial score (nSPS) is 15.3. The molecular formula is C21H17F3N2O5S. The average Bonchev–Trinajstić information content (AvgIpc) is 3.01. The van der Waals surface area contributed by atoms with Crippen molar-refractivity contribution in [2.24, 2.45) is 0 Å². The van der Waals surface area contributed by atoms with E-state index < -0.39 is 35.3 Å². The molecule has 0 atom stereocenters. The molecule has 2 aromatic rings. The smallest absolute Gasteiger partial charge is 0.416 e. The van der Waals surface area contributed by atoms with Crippen LogP contribution in [0.3, 0.4) is 0 Å². The maximum absolute atomic E-state index is 12.8. The number of nitrogens with zero attached hydrogens (tertiary/aromatic N) is 1. The summed E-state index contributed by atoms with van der Waals surface area (Å²) in [7, 11) is 2.93. The van der Waals surface area contributed by atoms with E-state index in [-0.39, 0.29) is 10.6 Å². The van der Waals surface area contributed by atoms with Crippen LogP contribution in [-0.2, 0) is 15.8 Å². The fourth-order valence-electron chi connectivity index (χ4n) is 2.83. The van der Waals surface area contributed by atoms with Crippen molar-refractivity contribution in [2.75, 3.05) is 26.1 Å². The van der Waals surface area contributed by atoms with Gasteiger partial charge in [-0.3, -0.25) is 19.3 Å². The van der Waals surface area contributed by atoms with E-state index in [2.05, 4.69) is 5.32 Å². The third-order valence-electron chi connectivity index (χ3n) is 4.38. The third kappa shape index (κ3) is 5.22. The lowest BCUT2D eigenvalue weighted by atomic mass is 10.1. The van der Waals surface area contributed by atoms with Gasteiger partial charge in [-0.1, -0.05) is 6.07 Å². The zero-order valence-corrected chi connectivity index (χ0v) is 17.7. The Labute approximate surface area is 185 Å². The molecule has 7 nitrogen and oxygen atoms in total. The van der Waals surface area contributed by atoms with Gasteiger partial charge in [-0.2, -0.15) is 13.2 Å². The third-order valence-corrected chi connectivity index (χ3v) is 5.28. The first kappa shape index (κ1) is 23.2. The number of nitrogens with one attached hydrogen (secondary N) is 1. The van der Waals surface area contributed by atoms with Crippen molar-refractivity contribution in [1.82, 2.24) is 4.90 Å². The molecule has 1 fully saturated rings. The minimum atomic E-state index is -4.57. The Kier molecular flexibility index (Phi) is 6.78. The Morgan fingerprint density at radius 3 is 2.53 bits per heavy atom. The van der Waals surface area contributed by atoms with Gasteiger partial charge in [-0.25, -0.2) is 0 Å². The van der Waals surface area contributed by atoms with Crippen LogP contribution >= 0.6 is 11.8 Å². The number of thioether (sulfide) groups is 1. The number of imide groups is 1. The largest absolute Gasteiger partial charge is 0.497 e. The Bertz CT molecular complexity index is 1100. The molecular weight excluding hydrogens is 449 g/mol. The predicted molar refractivity (Wildman–Crippen MR) is 112 cm³/mol. The van der Waals surface area contributed by atoms with E-state index in [4.69, 9.17) is 9.47 Å². The summed E-state index contributed by atoms with van der Waals surface area (Å²) in [6.07, 6.45) is -3.12. The topological polar surface area (TPSA) is 84.9 Å². The van der Waals surface area contributed by atoms with Crippen molar-refractivity contribution < 1.29 is 37.0 Å². The van der Waals surface area contributed by atoms with Crippen LogP contribution in [0.25, 0.3) is 6.08 Å². The number of hydrogen-bond donors (Lipinski definition) is 1. The summed E-state index contributed by atoms with van der Waals surface area (Å²) in [4.78, 5) is 37.9. The highest BCUT2D eigenvalue weighted by molar-refractivity contribution is 8.18. The Hall–Kier alpha value is -3.47. The number of alkyl halides is 3. The zero-order chi connectivity index (χ0) is 23.5. The van der Waals surface area contributed by atoms with Crippen LogP contribution in [0.2, 0.25) is 0 Å². The van der Waals surface area contributed by atoms with Gasteiger partial charge in [0.15, 0.2) is 0 Å². The van der Waals surface area contributed by atoms with Gasteiger partial charge in [0.25, 0.3) is 11.1 Å². The summed E-state index contributed by atoms with van der Waals surface area (Å²) in [5, 5.41) is 1.60. The molecule has 32 heavy (non-hydrogen) atoms. The van der Waals surface area contributed by atoms with Crippen molar-refractivity contribution in [3.63, 3.8) is 0 Å². The molecule has 1 N–H and O–H groups in total. The molecule has 0 aromatic heterocycles. The van der Waals surface area contributed by atoms with E-state index in [1.165, 1.54) is 26.4 Å². The highest BCUT2D eigenvalue weighted by Gasteiger charge is 2.36. The standard InChI is InChI=1S/C21H17F3N2O5S/c1-30-15-7-6-12(16(10-15)31-2)8-17-19(28)26(20(29)32-17)11-18(27)25-14-5-3-4-13(9-14)21(22,23)24/h3-10H,11H2,1-2H3,(H,25,27)/b17-8-. The number of hydrogen-bond acceptors (Lipinski definition) is 6. The van der Waals surface area contributed by atoms with E-state index in [9.17, 15) is 27.6 Å². The number of carbonyl (C=O) groups excluding carboxylic acids is 3. The summed E-state index contributed by atoms with van der Waals surface area (Å²) < 4.78 is 48.8. The van der Waals surface area contributed by atoms with Crippen LogP contribution in [0.15, 0.2) is 47.4 Å². The molecule has 0 saturated carbocycles. The van der Waals surface area contributed by atoms with Crippen LogP contribution in [0.4, 0.5) is 23.7 Å². The summed E-state index contributed by atoms with van der Waals surface area (Å²) in [6.45, 7) is -0.641. The van der Waals surface area contributed by atoms with Crippen molar-refractivity contribution in [2.45, 2.75) is 6.18 Å². The number of halogens is 3. The second-order valence-corrected chi connectivity index (χ2v) is 7.50. The predicted octanol–water partition coefficient (Wildman–Crippen LogP) is 4.40. The number of benzene rings is 2. The molecule has 1 saturated heterocycles. The number of methoxy groups -OCH3 is 2. The number of anilines is 1. The Balaban J connectivity index is 1.73. The van der Waals surface area contributed by atoms with Gasteiger partial charge in [0.05, 0.1) is 24.7 Å². The minimum Gasteiger partial charge on any atom is -0.497 e. The molecule has 168 valence electrons. The number of rotatable bonds is 6. The molecule has 0 spiro atoms. The first-order chi connectivity index (χ1) is 15.1. The molecule has 0 unspecified atom stereocenters. The maximum Gasteiger partial charge on any atom is 0.416 e. The van der Waals surface area contributed by atoms with E-state index in [1.54, 1.807) is 18.2 Å². The van der Waals surface area contributed by atoms with Crippen LogP contribution in [-0.4, -0.2) is 42.7 Å². The first-order valence-corrected chi connectivity index (χ1v) is 9.88. The second-order valence-electron chi connectivity index (χ2n) is 6.50. The molecule has 3 amide bonds. The quantitative estimate of drug-likeness (QED) is 0.636. The minimum absolute atomic E-state index is 0.0744. The molecule has 0 bridgehead atoms. The zero-order valence-electron chi connectivity index (χ0n) is 16.9. The highest BCUT2D eigenvalue weighted by atomic mass is 32.2. The first-order valence-electron chi connectivity index (χ1n) is 9.07. The molecule has 11 heteroatoms. The molecule has 2 aromatic carbocycles. The van der Waals surface area contributed by atoms with Gasteiger partial charge >= 0.3 is 6.18 Å². The average molecular weight is 466 g/mol. The van der Waals surface area contributed by atoms with E-state index in [0.717, 1.165) is 23.1 Å². The summed E-state index contributed by atoms with van der Waals surface area (Å²) in [5.74, 6) is -0.552. The van der Waals surface area contributed by atoms with Crippen molar-refractivity contribution in [1.29, 1.82) is 0 Å². The van der Waals surface area contributed by atoms with Crippen molar-refractivity contribution >= 4 is 40.6 Å². The number of carbonyl (C=O) groups is 3. The van der Waals surface area contributed by atoms with Gasteiger partial charge in [0.2, 0.25) is 5.91 Å². The van der Waals surface area contributed by atoms with E-state index in [1.807, 2.05) is 0 Å². The van der Waals surface area contributed by atoms with Crippen LogP contribution in [0.1, 0.15) is 11.1 Å². The van der Waals surface area contributed by atoms with Crippen LogP contribution in [0.5, 0.6) is 11.5 Å². The lowest BCUT2D eigenvalue weighted by Crippen LogP contribution is -2.36. The molecule has 0 radical (unpaired) electrons. The van der Waals surface area contributed by atoms with Gasteiger partial charge in [0, 0.05) is 17.3 Å². The highest BCUT2D eigenvalue weighted by Crippen LogP contribution is 2.35. The van der Waals surface area contributed by atoms with Crippen molar-refractivity contribution in [3.8, 4) is 11.5 Å². The SMILES string of the molecule is COc1ccc(/C=C2\SC(=O)N(CC(=O)Nc3cccc(C(F)(F)F)c3)C2=O)c(OC)c1. The van der Waals surface area contributed by atoms with E-state index >= 15 is 0 Å². The lowest BCUT2D eigenvalue weighted by Gasteiger charge is -2.13. The lowest BCUT2D eigenvalue weighted by molar-refractivity contribution is -0.137. The number of ether oxygens (including phenoxy) is 2. The second kappa shape index (κ2) is 9.35. The Morgan fingerprint density at radius 2 is 1.88 bits per heavy atom. The molecule has 1 heterocycles. The summed E-state index contributed by atoms with van der Waals surface area (Å²) in [5.41, 5.74) is -0.514. The van der Waals surface area contributed by atoms with Crippen LogP contribution < -0.4 is 14.8 Å². The van der Waals surface area contributed by atoms with Crippen LogP contribution in [0, 0.1) is 0 Å². The fraction of sp³-hybridized carbons (Fsp3) is 0.190. The molecule has 1 aliphatic rings. The maximum atomic E-state index is 12.8. The van der Waals surface area contributed by atoms with Gasteiger partial charge in [-0.15, -0.1) is 0 Å². The molecule has 0 aliphatic carbocycles. The van der Waals surface area contributed by atoms with Gasteiger partial charge < -0.3 is 14.8 Å². The van der Waals surface area contributed by atoms with Crippen molar-refractivity contribution in [3.05, 3.63) is 58.5 Å². The summed E-state index contributed by atoms with van der Waals surface area (Å²) in [6, 6.07) is 8.96. The van der Waals surface area contributed by atoms with Gasteiger partial charge in [-0.05, 0) is 48.2 Å². The monoisotopic (exact) mass is 466 g/mol. The molecule has 3 rings (SSSR count).